The van der Waals surface area contributed by atoms with Crippen molar-refractivity contribution in [1.29, 1.82) is 0 Å². The third kappa shape index (κ3) is 3.58. The number of hydrogen-bond donors (Lipinski definition) is 0. The molecule has 0 aliphatic heterocycles. The Balaban J connectivity index is 2.58. The van der Waals surface area contributed by atoms with Crippen LogP contribution >= 0.6 is 0 Å². The van der Waals surface area contributed by atoms with Gasteiger partial charge in [0.15, 0.2) is 0 Å². The smallest absolute Gasteiger partial charge is 0.343 e. The lowest BCUT2D eigenvalue weighted by Crippen LogP contribution is -2.02. The molecule has 0 amide bonds. The summed E-state index contributed by atoms with van der Waals surface area (Å²) in [5.74, 6) is -0.291. The fourth-order valence-corrected chi connectivity index (χ4v) is 1.21. The van der Waals surface area contributed by atoms with E-state index in [1.807, 2.05) is 31.2 Å². The van der Waals surface area contributed by atoms with Crippen molar-refractivity contribution in [3.63, 3.8) is 0 Å². The zero-order valence-electron chi connectivity index (χ0n) is 9.19. The van der Waals surface area contributed by atoms with Crippen molar-refractivity contribution in [2.45, 2.75) is 26.7 Å². The van der Waals surface area contributed by atoms with Crippen LogP contribution in [0, 0.1) is 6.92 Å². The Morgan fingerprint density at radius 1 is 1.40 bits per heavy atom. The van der Waals surface area contributed by atoms with Gasteiger partial charge in [-0.25, -0.2) is 4.79 Å². The highest BCUT2D eigenvalue weighted by Gasteiger charge is 2.07. The number of hydrogen-bond acceptors (Lipinski definition) is 2. The number of ether oxygens (including phenoxy) is 1. The van der Waals surface area contributed by atoms with E-state index in [0.29, 0.717) is 5.56 Å². The quantitative estimate of drug-likeness (QED) is 0.554. The molecule has 0 aromatic heterocycles. The summed E-state index contributed by atoms with van der Waals surface area (Å²) in [5, 5.41) is 0. The Morgan fingerprint density at radius 2 is 2.13 bits per heavy atom. The second kappa shape index (κ2) is 6.02. The Bertz CT molecular complexity index is 353. The topological polar surface area (TPSA) is 26.3 Å². The fourth-order valence-electron chi connectivity index (χ4n) is 1.21. The largest absolute Gasteiger partial charge is 0.431 e. The van der Waals surface area contributed by atoms with E-state index in [1.165, 1.54) is 6.26 Å². The summed E-state index contributed by atoms with van der Waals surface area (Å²) < 4.78 is 4.99. The van der Waals surface area contributed by atoms with Crippen LogP contribution in [0.4, 0.5) is 0 Å². The molecular weight excluding hydrogens is 188 g/mol. The zero-order valence-corrected chi connectivity index (χ0v) is 9.19. The highest BCUT2D eigenvalue weighted by molar-refractivity contribution is 5.91. The van der Waals surface area contributed by atoms with E-state index in [9.17, 15) is 4.79 Å². The number of carbonyl (C=O) groups excluding carboxylic acids is 1. The maximum Gasteiger partial charge on any atom is 0.343 e. The van der Waals surface area contributed by atoms with Gasteiger partial charge in [-0.3, -0.25) is 0 Å². The van der Waals surface area contributed by atoms with Gasteiger partial charge in [-0.1, -0.05) is 31.5 Å². The lowest BCUT2D eigenvalue weighted by molar-refractivity contribution is 0.0661. The Kier molecular flexibility index (Phi) is 4.61. The van der Waals surface area contributed by atoms with Crippen LogP contribution in [-0.2, 0) is 4.74 Å². The molecule has 1 aromatic rings. The molecule has 0 saturated heterocycles. The van der Waals surface area contributed by atoms with Crippen LogP contribution in [0.25, 0.3) is 0 Å². The molecule has 2 nitrogen and oxygen atoms in total. The van der Waals surface area contributed by atoms with Gasteiger partial charge in [0.1, 0.15) is 0 Å². The third-order valence-electron chi connectivity index (χ3n) is 2.09. The Labute approximate surface area is 90.6 Å². The normalized spacial score (nSPS) is 10.5. The summed E-state index contributed by atoms with van der Waals surface area (Å²) in [5.41, 5.74) is 1.56. The van der Waals surface area contributed by atoms with Crippen molar-refractivity contribution in [2.75, 3.05) is 0 Å². The molecular formula is C13H16O2. The molecule has 0 bridgehead atoms. The molecule has 0 radical (unpaired) electrons. The molecule has 0 spiro atoms. The van der Waals surface area contributed by atoms with E-state index in [2.05, 4.69) is 6.92 Å². The van der Waals surface area contributed by atoms with Crippen LogP contribution < -0.4 is 0 Å². The molecule has 2 heteroatoms. The third-order valence-corrected chi connectivity index (χ3v) is 2.09. The van der Waals surface area contributed by atoms with Crippen LogP contribution in [0.5, 0.6) is 0 Å². The number of rotatable bonds is 4. The summed E-state index contributed by atoms with van der Waals surface area (Å²) in [6.07, 6.45) is 5.31. The van der Waals surface area contributed by atoms with E-state index >= 15 is 0 Å². The average Bonchev–Trinajstić information content (AvgIpc) is 2.25. The van der Waals surface area contributed by atoms with Crippen LogP contribution in [-0.4, -0.2) is 5.97 Å². The maximum absolute atomic E-state index is 11.6. The van der Waals surface area contributed by atoms with Gasteiger partial charge in [-0.2, -0.15) is 0 Å². The van der Waals surface area contributed by atoms with Crippen LogP contribution in [0.2, 0.25) is 0 Å². The van der Waals surface area contributed by atoms with Crippen LogP contribution in [0.15, 0.2) is 36.6 Å². The zero-order chi connectivity index (χ0) is 11.1. The molecule has 1 rings (SSSR count). The minimum atomic E-state index is -0.291. The van der Waals surface area contributed by atoms with Crippen molar-refractivity contribution in [3.05, 3.63) is 47.7 Å². The Morgan fingerprint density at radius 3 is 2.80 bits per heavy atom. The van der Waals surface area contributed by atoms with Crippen LogP contribution in [0.1, 0.15) is 35.7 Å². The van der Waals surface area contributed by atoms with E-state index < -0.39 is 0 Å². The fraction of sp³-hybridized carbons (Fsp3) is 0.308. The van der Waals surface area contributed by atoms with Crippen molar-refractivity contribution < 1.29 is 9.53 Å². The van der Waals surface area contributed by atoms with Gasteiger partial charge in [0.05, 0.1) is 11.8 Å². The standard InChI is InChI=1S/C13H16O2/c1-3-4-7-10-15-13(14)12-9-6-5-8-11(12)2/h5-10H,3-4H2,1-2H3. The average molecular weight is 204 g/mol. The molecule has 0 atom stereocenters. The second-order valence-electron chi connectivity index (χ2n) is 3.38. The van der Waals surface area contributed by atoms with E-state index in [4.69, 9.17) is 4.74 Å². The number of unbranched alkanes of at least 4 members (excludes halogenated alkanes) is 1. The Hall–Kier alpha value is -1.57. The predicted molar refractivity (Wildman–Crippen MR) is 60.6 cm³/mol. The lowest BCUT2D eigenvalue weighted by Gasteiger charge is -2.02. The van der Waals surface area contributed by atoms with Gasteiger partial charge in [0, 0.05) is 0 Å². The van der Waals surface area contributed by atoms with Crippen molar-refractivity contribution in [3.8, 4) is 0 Å². The van der Waals surface area contributed by atoms with Crippen molar-refractivity contribution >= 4 is 5.97 Å². The first-order chi connectivity index (χ1) is 7.25. The maximum atomic E-state index is 11.6. The highest BCUT2D eigenvalue weighted by atomic mass is 16.5. The first-order valence-electron chi connectivity index (χ1n) is 5.17. The number of carbonyl (C=O) groups is 1. The number of aryl methyl sites for hydroxylation is 1. The number of benzene rings is 1. The summed E-state index contributed by atoms with van der Waals surface area (Å²) in [4.78, 5) is 11.6. The molecule has 0 heterocycles. The molecule has 0 N–H and O–H groups in total. The molecule has 0 aliphatic rings. The first-order valence-corrected chi connectivity index (χ1v) is 5.17. The molecule has 15 heavy (non-hydrogen) atoms. The van der Waals surface area contributed by atoms with E-state index in [0.717, 1.165) is 18.4 Å². The second-order valence-corrected chi connectivity index (χ2v) is 3.38. The van der Waals surface area contributed by atoms with Gasteiger partial charge in [-0.15, -0.1) is 0 Å². The van der Waals surface area contributed by atoms with Crippen LogP contribution in [0.3, 0.4) is 0 Å². The van der Waals surface area contributed by atoms with E-state index in [1.54, 1.807) is 6.07 Å². The highest BCUT2D eigenvalue weighted by Crippen LogP contribution is 2.08. The van der Waals surface area contributed by atoms with Gasteiger partial charge < -0.3 is 4.74 Å². The SMILES string of the molecule is CCCC=COC(=O)c1ccccc1C. The summed E-state index contributed by atoms with van der Waals surface area (Å²) in [6.45, 7) is 3.97. The molecule has 0 aliphatic carbocycles. The predicted octanol–water partition coefficient (Wildman–Crippen LogP) is 3.47. The van der Waals surface area contributed by atoms with Gasteiger partial charge >= 0.3 is 5.97 Å². The molecule has 1 aromatic carbocycles. The van der Waals surface area contributed by atoms with Gasteiger partial charge in [0.2, 0.25) is 0 Å². The van der Waals surface area contributed by atoms with Gasteiger partial charge in [-0.05, 0) is 31.1 Å². The minimum absolute atomic E-state index is 0.291. The molecule has 80 valence electrons. The minimum Gasteiger partial charge on any atom is -0.431 e. The first kappa shape index (κ1) is 11.5. The number of esters is 1. The monoisotopic (exact) mass is 204 g/mol. The number of allylic oxidation sites excluding steroid dienone is 1. The van der Waals surface area contributed by atoms with E-state index in [-0.39, 0.29) is 5.97 Å². The van der Waals surface area contributed by atoms with Crippen molar-refractivity contribution in [2.24, 2.45) is 0 Å². The van der Waals surface area contributed by atoms with Gasteiger partial charge in [0.25, 0.3) is 0 Å². The summed E-state index contributed by atoms with van der Waals surface area (Å²) >= 11 is 0. The molecule has 0 fully saturated rings. The molecule has 0 saturated carbocycles. The lowest BCUT2D eigenvalue weighted by atomic mass is 10.1. The summed E-state index contributed by atoms with van der Waals surface area (Å²) in [7, 11) is 0. The van der Waals surface area contributed by atoms with Crippen molar-refractivity contribution in [1.82, 2.24) is 0 Å². The summed E-state index contributed by atoms with van der Waals surface area (Å²) in [6, 6.07) is 7.40. The molecule has 0 unspecified atom stereocenters.